The summed E-state index contributed by atoms with van der Waals surface area (Å²) in [5.74, 6) is 0.554. The van der Waals surface area contributed by atoms with Crippen molar-refractivity contribution in [3.8, 4) is 11.3 Å². The number of imidazole rings is 1. The van der Waals surface area contributed by atoms with Crippen LogP contribution in [0.3, 0.4) is 0 Å². The Morgan fingerprint density at radius 1 is 1.12 bits per heavy atom. The molecule has 0 unspecified atom stereocenters. The average molecular weight is 368 g/mol. The zero-order chi connectivity index (χ0) is 17.2. The fourth-order valence-corrected chi connectivity index (χ4v) is 3.61. The maximum absolute atomic E-state index is 12.6. The molecule has 0 aliphatic rings. The van der Waals surface area contributed by atoms with Gasteiger partial charge in [-0.3, -0.25) is 9.20 Å². The van der Waals surface area contributed by atoms with Gasteiger partial charge in [-0.15, -0.1) is 11.3 Å². The minimum Gasteiger partial charge on any atom is -0.310 e. The molecule has 0 radical (unpaired) electrons. The van der Waals surface area contributed by atoms with Gasteiger partial charge in [0.15, 0.2) is 4.96 Å². The van der Waals surface area contributed by atoms with Crippen LogP contribution in [-0.4, -0.2) is 15.3 Å². The summed E-state index contributed by atoms with van der Waals surface area (Å²) >= 11 is 7.69. The predicted octanol–water partition coefficient (Wildman–Crippen LogP) is 4.90. The van der Waals surface area contributed by atoms with E-state index in [1.165, 1.54) is 11.3 Å². The minimum absolute atomic E-state index is 0.127. The lowest BCUT2D eigenvalue weighted by molar-refractivity contribution is -0.115. The molecular formula is C19H14ClN3OS. The number of nitrogens with zero attached hydrogens (tertiary/aromatic N) is 2. The standard InChI is InChI=1S/C19H14ClN3OS/c20-15-9-5-4-8-14(15)12-16(24)21-18-17(13-6-2-1-3-7-13)22-19-23(18)10-11-25-19/h1-11H,12H2,(H,21,24). The number of carbonyl (C=O) groups is 1. The highest BCUT2D eigenvalue weighted by Gasteiger charge is 2.17. The van der Waals surface area contributed by atoms with Gasteiger partial charge in [-0.05, 0) is 11.6 Å². The van der Waals surface area contributed by atoms with E-state index >= 15 is 0 Å². The number of carbonyl (C=O) groups excluding carboxylic acids is 1. The lowest BCUT2D eigenvalue weighted by Gasteiger charge is -2.08. The highest BCUT2D eigenvalue weighted by molar-refractivity contribution is 7.15. The molecule has 0 spiro atoms. The van der Waals surface area contributed by atoms with E-state index in [4.69, 9.17) is 11.6 Å². The molecule has 0 saturated carbocycles. The molecule has 0 aliphatic carbocycles. The van der Waals surface area contributed by atoms with Gasteiger partial charge in [0, 0.05) is 22.2 Å². The van der Waals surface area contributed by atoms with Gasteiger partial charge >= 0.3 is 0 Å². The first-order chi connectivity index (χ1) is 12.2. The molecule has 124 valence electrons. The Morgan fingerprint density at radius 2 is 1.88 bits per heavy atom. The normalized spacial score (nSPS) is 10.9. The van der Waals surface area contributed by atoms with Gasteiger partial charge in [-0.1, -0.05) is 60.1 Å². The summed E-state index contributed by atoms with van der Waals surface area (Å²) in [6, 6.07) is 17.2. The summed E-state index contributed by atoms with van der Waals surface area (Å²) in [5.41, 5.74) is 2.53. The Bertz CT molecular complexity index is 1040. The van der Waals surface area contributed by atoms with E-state index in [-0.39, 0.29) is 12.3 Å². The Labute approximate surface area is 153 Å². The highest BCUT2D eigenvalue weighted by Crippen LogP contribution is 2.30. The van der Waals surface area contributed by atoms with Crippen molar-refractivity contribution >= 4 is 39.6 Å². The van der Waals surface area contributed by atoms with Crippen LogP contribution < -0.4 is 5.32 Å². The quantitative estimate of drug-likeness (QED) is 0.557. The monoisotopic (exact) mass is 367 g/mol. The summed E-state index contributed by atoms with van der Waals surface area (Å²) in [4.78, 5) is 18.1. The van der Waals surface area contributed by atoms with Crippen LogP contribution in [0.1, 0.15) is 5.56 Å². The van der Waals surface area contributed by atoms with Crippen molar-refractivity contribution in [2.75, 3.05) is 5.32 Å². The second-order valence-corrected chi connectivity index (χ2v) is 6.83. The summed E-state index contributed by atoms with van der Waals surface area (Å²) in [6.45, 7) is 0. The van der Waals surface area contributed by atoms with Crippen LogP contribution in [0, 0.1) is 0 Å². The molecule has 0 saturated heterocycles. The van der Waals surface area contributed by atoms with Gasteiger partial charge in [-0.25, -0.2) is 4.98 Å². The maximum atomic E-state index is 12.6. The van der Waals surface area contributed by atoms with E-state index in [2.05, 4.69) is 10.3 Å². The smallest absolute Gasteiger partial charge is 0.230 e. The van der Waals surface area contributed by atoms with E-state index in [0.29, 0.717) is 10.8 Å². The summed E-state index contributed by atoms with van der Waals surface area (Å²) in [5, 5.41) is 5.54. The third-order valence-corrected chi connectivity index (χ3v) is 5.00. The van der Waals surface area contributed by atoms with Crippen LogP contribution in [-0.2, 0) is 11.2 Å². The minimum atomic E-state index is -0.127. The Morgan fingerprint density at radius 3 is 2.68 bits per heavy atom. The molecule has 4 aromatic rings. The largest absolute Gasteiger partial charge is 0.310 e. The number of hydrogen-bond acceptors (Lipinski definition) is 3. The molecule has 2 aromatic heterocycles. The zero-order valence-corrected chi connectivity index (χ0v) is 14.7. The fourth-order valence-electron chi connectivity index (χ4n) is 2.69. The molecule has 0 fully saturated rings. The molecular weight excluding hydrogens is 354 g/mol. The van der Waals surface area contributed by atoms with E-state index in [0.717, 1.165) is 21.8 Å². The number of hydrogen-bond donors (Lipinski definition) is 1. The van der Waals surface area contributed by atoms with Crippen molar-refractivity contribution in [1.82, 2.24) is 9.38 Å². The van der Waals surface area contributed by atoms with Crippen LogP contribution in [0.5, 0.6) is 0 Å². The van der Waals surface area contributed by atoms with Crippen molar-refractivity contribution in [2.24, 2.45) is 0 Å². The van der Waals surface area contributed by atoms with Gasteiger partial charge in [0.05, 0.1) is 6.42 Å². The third-order valence-electron chi connectivity index (χ3n) is 3.88. The van der Waals surface area contributed by atoms with Crippen molar-refractivity contribution in [3.63, 3.8) is 0 Å². The SMILES string of the molecule is O=C(Cc1ccccc1Cl)Nc1c(-c2ccccc2)nc2sccn12. The van der Waals surface area contributed by atoms with Crippen molar-refractivity contribution < 1.29 is 4.79 Å². The zero-order valence-electron chi connectivity index (χ0n) is 13.1. The number of benzene rings is 2. The number of amides is 1. The molecule has 4 nitrogen and oxygen atoms in total. The summed E-state index contributed by atoms with van der Waals surface area (Å²) in [6.07, 6.45) is 2.12. The Kier molecular flexibility index (Phi) is 4.26. The molecule has 0 bridgehead atoms. The van der Waals surface area contributed by atoms with Gasteiger partial charge < -0.3 is 5.32 Å². The third kappa shape index (κ3) is 3.16. The molecule has 2 heterocycles. The van der Waals surface area contributed by atoms with Crippen molar-refractivity contribution in [1.29, 1.82) is 0 Å². The molecule has 0 atom stereocenters. The first kappa shape index (κ1) is 15.9. The highest BCUT2D eigenvalue weighted by atomic mass is 35.5. The van der Waals surface area contributed by atoms with Crippen LogP contribution in [0.2, 0.25) is 5.02 Å². The van der Waals surface area contributed by atoms with Gasteiger partial charge in [-0.2, -0.15) is 0 Å². The lowest BCUT2D eigenvalue weighted by atomic mass is 10.1. The van der Waals surface area contributed by atoms with Gasteiger partial charge in [0.2, 0.25) is 5.91 Å². The molecule has 25 heavy (non-hydrogen) atoms. The number of thiazole rings is 1. The molecule has 1 amide bonds. The number of rotatable bonds is 4. The molecule has 0 aliphatic heterocycles. The average Bonchev–Trinajstić information content (AvgIpc) is 3.20. The van der Waals surface area contributed by atoms with E-state index in [1.807, 2.05) is 64.5 Å². The molecule has 6 heteroatoms. The van der Waals surface area contributed by atoms with Gasteiger partial charge in [0.25, 0.3) is 0 Å². The van der Waals surface area contributed by atoms with E-state index < -0.39 is 0 Å². The maximum Gasteiger partial charge on any atom is 0.230 e. The lowest BCUT2D eigenvalue weighted by Crippen LogP contribution is -2.16. The molecule has 4 rings (SSSR count). The molecule has 1 N–H and O–H groups in total. The first-order valence-electron chi connectivity index (χ1n) is 7.76. The Hall–Kier alpha value is -2.63. The van der Waals surface area contributed by atoms with Crippen LogP contribution in [0.15, 0.2) is 66.2 Å². The summed E-state index contributed by atoms with van der Waals surface area (Å²) < 4.78 is 1.90. The predicted molar refractivity (Wildman–Crippen MR) is 102 cm³/mol. The van der Waals surface area contributed by atoms with E-state index in [1.54, 1.807) is 6.07 Å². The van der Waals surface area contributed by atoms with Crippen LogP contribution in [0.4, 0.5) is 5.82 Å². The molecule has 2 aromatic carbocycles. The van der Waals surface area contributed by atoms with Gasteiger partial charge in [0.1, 0.15) is 11.5 Å². The van der Waals surface area contributed by atoms with Crippen molar-refractivity contribution in [3.05, 3.63) is 76.8 Å². The fraction of sp³-hybridized carbons (Fsp3) is 0.0526. The number of nitrogens with one attached hydrogen (secondary N) is 1. The first-order valence-corrected chi connectivity index (χ1v) is 9.02. The second-order valence-electron chi connectivity index (χ2n) is 5.55. The summed E-state index contributed by atoms with van der Waals surface area (Å²) in [7, 11) is 0. The topological polar surface area (TPSA) is 46.4 Å². The number of fused-ring (bicyclic) bond motifs is 1. The Balaban J connectivity index is 1.68. The number of aromatic nitrogens is 2. The van der Waals surface area contributed by atoms with E-state index in [9.17, 15) is 4.79 Å². The van der Waals surface area contributed by atoms with Crippen LogP contribution in [0.25, 0.3) is 16.2 Å². The van der Waals surface area contributed by atoms with Crippen molar-refractivity contribution in [2.45, 2.75) is 6.42 Å². The number of halogens is 1. The van der Waals surface area contributed by atoms with Crippen LogP contribution >= 0.6 is 22.9 Å². The second kappa shape index (κ2) is 6.70. The number of anilines is 1.